The topological polar surface area (TPSA) is 101 Å². The maximum absolute atomic E-state index is 12.8. The summed E-state index contributed by atoms with van der Waals surface area (Å²) in [5.74, 6) is -0.360. The number of likely N-dealkylation sites (tertiary alicyclic amines) is 1. The number of fused-ring (bicyclic) bond motifs is 1. The Bertz CT molecular complexity index is 1490. The molecule has 1 aliphatic heterocycles. The quantitative estimate of drug-likeness (QED) is 0.193. The summed E-state index contributed by atoms with van der Waals surface area (Å²) < 4.78 is 17.3. The molecule has 1 saturated heterocycles. The van der Waals surface area contributed by atoms with Crippen LogP contribution >= 0.6 is 0 Å². The number of carboxylic acids is 1. The lowest BCUT2D eigenvalue weighted by Crippen LogP contribution is -2.39. The molecule has 4 aromatic rings. The van der Waals surface area contributed by atoms with Gasteiger partial charge in [0.05, 0.1) is 24.3 Å². The fraction of sp³-hybridized carbons (Fsp3) is 0.312. The van der Waals surface area contributed by atoms with Crippen LogP contribution in [-0.4, -0.2) is 53.3 Å². The van der Waals surface area contributed by atoms with E-state index in [1.807, 2.05) is 25.3 Å². The van der Waals surface area contributed by atoms with Crippen molar-refractivity contribution in [3.8, 4) is 11.5 Å². The van der Waals surface area contributed by atoms with Crippen LogP contribution < -0.4 is 9.47 Å². The Hall–Kier alpha value is -4.14. The zero-order chi connectivity index (χ0) is 28.2. The van der Waals surface area contributed by atoms with Crippen molar-refractivity contribution in [2.75, 3.05) is 20.3 Å². The molecule has 2 atom stereocenters. The molecule has 208 valence electrons. The number of ether oxygens (including phenoxy) is 3. The Labute approximate surface area is 233 Å². The van der Waals surface area contributed by atoms with Gasteiger partial charge in [-0.2, -0.15) is 0 Å². The Morgan fingerprint density at radius 1 is 1.05 bits per heavy atom. The molecule has 0 unspecified atom stereocenters. The number of methoxy groups -OCH3 is 1. The number of hydrogen-bond acceptors (Lipinski definition) is 6. The van der Waals surface area contributed by atoms with Crippen molar-refractivity contribution >= 4 is 22.8 Å². The van der Waals surface area contributed by atoms with Crippen LogP contribution in [0.25, 0.3) is 10.9 Å². The Balaban J connectivity index is 1.38. The van der Waals surface area contributed by atoms with E-state index in [1.165, 1.54) is 24.3 Å². The fourth-order valence-corrected chi connectivity index (χ4v) is 5.56. The van der Waals surface area contributed by atoms with Gasteiger partial charge in [-0.1, -0.05) is 12.1 Å². The maximum Gasteiger partial charge on any atom is 0.343 e. The molecule has 2 heterocycles. The van der Waals surface area contributed by atoms with E-state index in [0.717, 1.165) is 59.3 Å². The van der Waals surface area contributed by atoms with Crippen molar-refractivity contribution in [1.82, 2.24) is 9.88 Å². The molecule has 0 radical (unpaired) electrons. The minimum absolute atomic E-state index is 0.0962. The number of aromatic nitrogens is 1. The van der Waals surface area contributed by atoms with Gasteiger partial charge in [0.15, 0.2) is 0 Å². The molecule has 0 bridgehead atoms. The van der Waals surface area contributed by atoms with Gasteiger partial charge in [0.2, 0.25) is 0 Å². The SMILES string of the molecule is CCO[C@H]1CCN(Cc2c(OC)cc(C)c3[nH]ccc23)[C@H](c2ccc(C(=O)Oc3ccc(C(=O)O)cc3)cc2)C1. The summed E-state index contributed by atoms with van der Waals surface area (Å²) in [6.45, 7) is 6.37. The van der Waals surface area contributed by atoms with E-state index < -0.39 is 11.9 Å². The van der Waals surface area contributed by atoms with Gasteiger partial charge in [-0.25, -0.2) is 9.59 Å². The second kappa shape index (κ2) is 11.9. The lowest BCUT2D eigenvalue weighted by molar-refractivity contribution is -0.0138. The molecule has 1 aromatic heterocycles. The summed E-state index contributed by atoms with van der Waals surface area (Å²) in [4.78, 5) is 29.7. The van der Waals surface area contributed by atoms with Crippen LogP contribution in [0.2, 0.25) is 0 Å². The molecule has 1 fully saturated rings. The lowest BCUT2D eigenvalue weighted by atomic mass is 9.91. The average Bonchev–Trinajstić information content (AvgIpc) is 3.46. The van der Waals surface area contributed by atoms with Gasteiger partial charge in [-0.05, 0) is 86.3 Å². The summed E-state index contributed by atoms with van der Waals surface area (Å²) in [6, 6.07) is 17.6. The molecular formula is C32H34N2O6. The Morgan fingerprint density at radius 2 is 1.77 bits per heavy atom. The summed E-state index contributed by atoms with van der Waals surface area (Å²) in [5, 5.41) is 10.2. The van der Waals surface area contributed by atoms with E-state index in [4.69, 9.17) is 19.3 Å². The van der Waals surface area contributed by atoms with Gasteiger partial charge in [0.25, 0.3) is 0 Å². The van der Waals surface area contributed by atoms with Crippen LogP contribution in [0.1, 0.15) is 63.2 Å². The van der Waals surface area contributed by atoms with Crippen molar-refractivity contribution < 1.29 is 28.9 Å². The number of aryl methyl sites for hydroxylation is 1. The van der Waals surface area contributed by atoms with Gasteiger partial charge < -0.3 is 24.3 Å². The van der Waals surface area contributed by atoms with Crippen LogP contribution in [0, 0.1) is 6.92 Å². The number of benzene rings is 3. The predicted octanol–water partition coefficient (Wildman–Crippen LogP) is 6.14. The number of carbonyl (C=O) groups is 2. The molecule has 0 aliphatic carbocycles. The minimum Gasteiger partial charge on any atom is -0.496 e. The largest absolute Gasteiger partial charge is 0.496 e. The fourth-order valence-electron chi connectivity index (χ4n) is 5.56. The standard InChI is InChI=1S/C32H34N2O6/c1-4-39-25-14-16-34(19-27-26-13-15-33-30(26)20(2)17-29(27)38-3)28(18-25)21-5-7-23(8-6-21)32(37)40-24-11-9-22(10-12-24)31(35)36/h5-13,15,17,25,28,33H,4,14,16,18-19H2,1-3H3,(H,35,36)/t25-,28-/m0/s1. The highest BCUT2D eigenvalue weighted by Crippen LogP contribution is 2.38. The molecule has 0 saturated carbocycles. The molecule has 1 aliphatic rings. The highest BCUT2D eigenvalue weighted by atomic mass is 16.5. The first-order valence-electron chi connectivity index (χ1n) is 13.5. The summed E-state index contributed by atoms with van der Waals surface area (Å²) in [7, 11) is 1.72. The van der Waals surface area contributed by atoms with Crippen LogP contribution in [-0.2, 0) is 11.3 Å². The molecule has 3 aromatic carbocycles. The Kier molecular flexibility index (Phi) is 8.19. The molecule has 5 rings (SSSR count). The van der Waals surface area contributed by atoms with Gasteiger partial charge in [0.1, 0.15) is 11.5 Å². The van der Waals surface area contributed by atoms with Gasteiger partial charge in [-0.3, -0.25) is 4.90 Å². The first-order valence-corrected chi connectivity index (χ1v) is 13.5. The average molecular weight is 543 g/mol. The number of H-pyrrole nitrogens is 1. The van der Waals surface area contributed by atoms with Gasteiger partial charge in [-0.15, -0.1) is 0 Å². The third kappa shape index (κ3) is 5.73. The number of carboxylic acid groups (broad SMARTS) is 1. The summed E-state index contributed by atoms with van der Waals surface area (Å²) in [5.41, 5.74) is 5.07. The molecule has 0 spiro atoms. The highest BCUT2D eigenvalue weighted by Gasteiger charge is 2.31. The van der Waals surface area contributed by atoms with Crippen LogP contribution in [0.4, 0.5) is 0 Å². The van der Waals surface area contributed by atoms with Gasteiger partial charge in [0, 0.05) is 48.4 Å². The van der Waals surface area contributed by atoms with E-state index >= 15 is 0 Å². The first kappa shape index (κ1) is 27.4. The Morgan fingerprint density at radius 3 is 2.45 bits per heavy atom. The van der Waals surface area contributed by atoms with Crippen molar-refractivity contribution in [3.63, 3.8) is 0 Å². The van der Waals surface area contributed by atoms with E-state index in [-0.39, 0.29) is 17.7 Å². The van der Waals surface area contributed by atoms with Crippen LogP contribution in [0.3, 0.4) is 0 Å². The van der Waals surface area contributed by atoms with Crippen molar-refractivity contribution in [2.45, 2.75) is 45.4 Å². The number of nitrogens with one attached hydrogen (secondary N) is 1. The molecule has 8 nitrogen and oxygen atoms in total. The maximum atomic E-state index is 12.8. The first-order chi connectivity index (χ1) is 19.4. The smallest absolute Gasteiger partial charge is 0.343 e. The highest BCUT2D eigenvalue weighted by molar-refractivity contribution is 5.91. The molecule has 8 heteroatoms. The van der Waals surface area contributed by atoms with E-state index in [1.54, 1.807) is 19.2 Å². The van der Waals surface area contributed by atoms with Crippen molar-refractivity contribution in [3.05, 3.63) is 94.7 Å². The van der Waals surface area contributed by atoms with Crippen LogP contribution in [0.15, 0.2) is 66.9 Å². The lowest BCUT2D eigenvalue weighted by Gasteiger charge is -2.40. The van der Waals surface area contributed by atoms with E-state index in [2.05, 4.69) is 28.9 Å². The number of piperidine rings is 1. The number of esters is 1. The molecule has 0 amide bonds. The number of aromatic carboxylic acids is 1. The predicted molar refractivity (Wildman–Crippen MR) is 152 cm³/mol. The number of carbonyl (C=O) groups excluding carboxylic acids is 1. The summed E-state index contributed by atoms with van der Waals surface area (Å²) >= 11 is 0. The second-order valence-electron chi connectivity index (χ2n) is 10.1. The molecule has 2 N–H and O–H groups in total. The normalized spacial score (nSPS) is 17.6. The van der Waals surface area contributed by atoms with Crippen molar-refractivity contribution in [1.29, 1.82) is 0 Å². The van der Waals surface area contributed by atoms with E-state index in [9.17, 15) is 9.59 Å². The third-order valence-corrected chi connectivity index (χ3v) is 7.60. The minimum atomic E-state index is -1.03. The zero-order valence-corrected chi connectivity index (χ0v) is 23.0. The van der Waals surface area contributed by atoms with E-state index in [0.29, 0.717) is 17.9 Å². The number of aromatic amines is 1. The van der Waals surface area contributed by atoms with Crippen molar-refractivity contribution in [2.24, 2.45) is 0 Å². The molecule has 40 heavy (non-hydrogen) atoms. The van der Waals surface area contributed by atoms with Gasteiger partial charge >= 0.3 is 11.9 Å². The monoisotopic (exact) mass is 542 g/mol. The van der Waals surface area contributed by atoms with Crippen LogP contribution in [0.5, 0.6) is 11.5 Å². The number of nitrogens with zero attached hydrogens (tertiary/aromatic N) is 1. The number of hydrogen-bond donors (Lipinski definition) is 2. The number of rotatable bonds is 9. The second-order valence-corrected chi connectivity index (χ2v) is 10.1. The molecular weight excluding hydrogens is 508 g/mol. The summed E-state index contributed by atoms with van der Waals surface area (Å²) in [6.07, 6.45) is 3.92. The third-order valence-electron chi connectivity index (χ3n) is 7.60. The zero-order valence-electron chi connectivity index (χ0n) is 23.0.